The second kappa shape index (κ2) is 10.0. The SMILES string of the molecule is CCCS(=O)(=O)Nc1ccc(NC(=O)CCCc2nnc(-c3ccccc3)o2)cc1. The first kappa shape index (κ1) is 21.5. The summed E-state index contributed by atoms with van der Waals surface area (Å²) in [4.78, 5) is 12.1. The third-order valence-electron chi connectivity index (χ3n) is 4.20. The minimum absolute atomic E-state index is 0.0678. The number of benzene rings is 2. The van der Waals surface area contributed by atoms with Gasteiger partial charge in [0.15, 0.2) is 0 Å². The Morgan fingerprint density at radius 3 is 2.40 bits per heavy atom. The molecule has 2 aromatic carbocycles. The molecule has 0 atom stereocenters. The number of hydrogen-bond acceptors (Lipinski definition) is 6. The summed E-state index contributed by atoms with van der Waals surface area (Å²) in [6.45, 7) is 1.80. The van der Waals surface area contributed by atoms with Crippen molar-refractivity contribution in [3.8, 4) is 11.5 Å². The van der Waals surface area contributed by atoms with Crippen LogP contribution < -0.4 is 10.0 Å². The van der Waals surface area contributed by atoms with Crippen molar-refractivity contribution in [2.75, 3.05) is 15.8 Å². The van der Waals surface area contributed by atoms with E-state index in [4.69, 9.17) is 4.42 Å². The van der Waals surface area contributed by atoms with Gasteiger partial charge >= 0.3 is 0 Å². The molecule has 0 fully saturated rings. The minimum Gasteiger partial charge on any atom is -0.421 e. The van der Waals surface area contributed by atoms with Crippen LogP contribution in [0, 0.1) is 0 Å². The van der Waals surface area contributed by atoms with Crippen LogP contribution in [0.15, 0.2) is 59.0 Å². The smallest absolute Gasteiger partial charge is 0.247 e. The lowest BCUT2D eigenvalue weighted by Gasteiger charge is -2.09. The minimum atomic E-state index is -3.33. The van der Waals surface area contributed by atoms with E-state index in [1.54, 1.807) is 31.2 Å². The number of sulfonamides is 1. The molecule has 9 heteroatoms. The zero-order valence-corrected chi connectivity index (χ0v) is 17.5. The summed E-state index contributed by atoms with van der Waals surface area (Å²) in [5, 5.41) is 10.8. The Bertz CT molecular complexity index is 1060. The third kappa shape index (κ3) is 6.41. The fourth-order valence-corrected chi connectivity index (χ4v) is 3.93. The molecular weight excluding hydrogens is 404 g/mol. The topological polar surface area (TPSA) is 114 Å². The first-order chi connectivity index (χ1) is 14.4. The quantitative estimate of drug-likeness (QED) is 0.507. The lowest BCUT2D eigenvalue weighted by molar-refractivity contribution is -0.116. The molecule has 3 rings (SSSR count). The van der Waals surface area contributed by atoms with Gasteiger partial charge in [-0.3, -0.25) is 9.52 Å². The number of nitrogens with one attached hydrogen (secondary N) is 2. The standard InChI is InChI=1S/C21H24N4O4S/c1-2-15-30(27,28)25-18-13-11-17(12-14-18)22-19(26)9-6-10-20-23-24-21(29-20)16-7-4-3-5-8-16/h3-5,7-8,11-14,25H,2,6,9-10,15H2,1H3,(H,22,26). The number of hydrogen-bond donors (Lipinski definition) is 2. The van der Waals surface area contributed by atoms with E-state index in [1.165, 1.54) is 0 Å². The Labute approximate surface area is 175 Å². The number of rotatable bonds is 10. The monoisotopic (exact) mass is 428 g/mol. The fourth-order valence-electron chi connectivity index (χ4n) is 2.80. The Hall–Kier alpha value is -3.20. The van der Waals surface area contributed by atoms with Crippen molar-refractivity contribution in [2.24, 2.45) is 0 Å². The number of amides is 1. The molecular formula is C21H24N4O4S. The van der Waals surface area contributed by atoms with E-state index >= 15 is 0 Å². The molecule has 0 saturated carbocycles. The highest BCUT2D eigenvalue weighted by Crippen LogP contribution is 2.18. The summed E-state index contributed by atoms with van der Waals surface area (Å²) in [5.74, 6) is 0.880. The maximum absolute atomic E-state index is 12.1. The van der Waals surface area contributed by atoms with Crippen LogP contribution in [0.3, 0.4) is 0 Å². The van der Waals surface area contributed by atoms with E-state index in [0.29, 0.717) is 48.8 Å². The Kier molecular flexibility index (Phi) is 7.18. The molecule has 0 spiro atoms. The molecule has 0 saturated heterocycles. The van der Waals surface area contributed by atoms with Gasteiger partial charge in [-0.05, 0) is 49.2 Å². The largest absolute Gasteiger partial charge is 0.421 e. The van der Waals surface area contributed by atoms with Crippen molar-refractivity contribution in [1.29, 1.82) is 0 Å². The van der Waals surface area contributed by atoms with E-state index < -0.39 is 10.0 Å². The molecule has 0 aliphatic carbocycles. The highest BCUT2D eigenvalue weighted by atomic mass is 32.2. The molecule has 0 unspecified atom stereocenters. The van der Waals surface area contributed by atoms with Crippen molar-refractivity contribution in [3.63, 3.8) is 0 Å². The number of aromatic nitrogens is 2. The molecule has 0 bridgehead atoms. The number of anilines is 2. The van der Waals surface area contributed by atoms with Crippen molar-refractivity contribution in [1.82, 2.24) is 10.2 Å². The number of nitrogens with zero attached hydrogens (tertiary/aromatic N) is 2. The van der Waals surface area contributed by atoms with Crippen LogP contribution in [0.5, 0.6) is 0 Å². The molecule has 158 valence electrons. The first-order valence-corrected chi connectivity index (χ1v) is 11.4. The van der Waals surface area contributed by atoms with Crippen LogP contribution in [-0.4, -0.2) is 30.3 Å². The first-order valence-electron chi connectivity index (χ1n) is 9.73. The van der Waals surface area contributed by atoms with Gasteiger partial charge in [0, 0.05) is 29.8 Å². The van der Waals surface area contributed by atoms with E-state index in [-0.39, 0.29) is 11.7 Å². The van der Waals surface area contributed by atoms with Crippen LogP contribution in [0.25, 0.3) is 11.5 Å². The predicted molar refractivity (Wildman–Crippen MR) is 115 cm³/mol. The van der Waals surface area contributed by atoms with E-state index in [2.05, 4.69) is 20.2 Å². The molecule has 2 N–H and O–H groups in total. The second-order valence-corrected chi connectivity index (χ2v) is 8.61. The van der Waals surface area contributed by atoms with Gasteiger partial charge in [0.2, 0.25) is 27.7 Å². The zero-order valence-electron chi connectivity index (χ0n) is 16.7. The number of aryl methyl sites for hydroxylation is 1. The van der Waals surface area contributed by atoms with Gasteiger partial charge in [-0.15, -0.1) is 10.2 Å². The predicted octanol–water partition coefficient (Wildman–Crippen LogP) is 3.85. The van der Waals surface area contributed by atoms with E-state index in [1.807, 2.05) is 30.3 Å². The average molecular weight is 429 g/mol. The molecule has 0 aliphatic heterocycles. The highest BCUT2D eigenvalue weighted by Gasteiger charge is 2.11. The maximum Gasteiger partial charge on any atom is 0.247 e. The fraction of sp³-hybridized carbons (Fsp3) is 0.286. The van der Waals surface area contributed by atoms with Gasteiger partial charge in [-0.2, -0.15) is 0 Å². The van der Waals surface area contributed by atoms with Gasteiger partial charge < -0.3 is 9.73 Å². The Morgan fingerprint density at radius 2 is 1.70 bits per heavy atom. The molecule has 3 aromatic rings. The molecule has 0 aliphatic rings. The van der Waals surface area contributed by atoms with Gasteiger partial charge in [-0.25, -0.2) is 8.42 Å². The summed E-state index contributed by atoms with van der Waals surface area (Å²) >= 11 is 0. The van der Waals surface area contributed by atoms with Crippen LogP contribution in [-0.2, 0) is 21.2 Å². The van der Waals surface area contributed by atoms with Crippen LogP contribution >= 0.6 is 0 Å². The van der Waals surface area contributed by atoms with Crippen LogP contribution in [0.2, 0.25) is 0 Å². The summed E-state index contributed by atoms with van der Waals surface area (Å²) in [5.41, 5.74) is 1.92. The summed E-state index contributed by atoms with van der Waals surface area (Å²) in [6, 6.07) is 16.1. The lowest BCUT2D eigenvalue weighted by Crippen LogP contribution is -2.16. The molecule has 30 heavy (non-hydrogen) atoms. The molecule has 0 radical (unpaired) electrons. The lowest BCUT2D eigenvalue weighted by atomic mass is 10.2. The number of carbonyl (C=O) groups is 1. The molecule has 8 nitrogen and oxygen atoms in total. The third-order valence-corrected chi connectivity index (χ3v) is 5.69. The normalized spacial score (nSPS) is 11.2. The molecule has 1 amide bonds. The van der Waals surface area contributed by atoms with Crippen molar-refractivity contribution < 1.29 is 17.6 Å². The summed E-state index contributed by atoms with van der Waals surface area (Å²) in [7, 11) is -3.33. The zero-order chi connectivity index (χ0) is 21.4. The van der Waals surface area contributed by atoms with E-state index in [0.717, 1.165) is 5.56 Å². The second-order valence-electron chi connectivity index (χ2n) is 6.77. The van der Waals surface area contributed by atoms with Crippen molar-refractivity contribution >= 4 is 27.3 Å². The molecule has 1 aromatic heterocycles. The summed E-state index contributed by atoms with van der Waals surface area (Å²) < 4.78 is 31.7. The maximum atomic E-state index is 12.1. The van der Waals surface area contributed by atoms with Gasteiger partial charge in [0.1, 0.15) is 0 Å². The number of carbonyl (C=O) groups excluding carboxylic acids is 1. The van der Waals surface area contributed by atoms with Crippen molar-refractivity contribution in [2.45, 2.75) is 32.6 Å². The van der Waals surface area contributed by atoms with Gasteiger partial charge in [0.05, 0.1) is 5.75 Å². The Balaban J connectivity index is 1.44. The van der Waals surface area contributed by atoms with Crippen molar-refractivity contribution in [3.05, 3.63) is 60.5 Å². The summed E-state index contributed by atoms with van der Waals surface area (Å²) in [6.07, 6.45) is 1.91. The van der Waals surface area contributed by atoms with E-state index in [9.17, 15) is 13.2 Å². The van der Waals surface area contributed by atoms with Gasteiger partial charge in [0.25, 0.3) is 0 Å². The molecule has 1 heterocycles. The van der Waals surface area contributed by atoms with Crippen LogP contribution in [0.4, 0.5) is 11.4 Å². The highest BCUT2D eigenvalue weighted by molar-refractivity contribution is 7.92. The van der Waals surface area contributed by atoms with Crippen LogP contribution in [0.1, 0.15) is 32.1 Å². The van der Waals surface area contributed by atoms with Gasteiger partial charge in [-0.1, -0.05) is 25.1 Å². The Morgan fingerprint density at radius 1 is 1.00 bits per heavy atom. The average Bonchev–Trinajstić information content (AvgIpc) is 3.19.